The molecule has 0 atom stereocenters. The molecule has 1 fully saturated rings. The van der Waals surface area contributed by atoms with E-state index in [0.29, 0.717) is 13.2 Å². The van der Waals surface area contributed by atoms with Crippen molar-refractivity contribution in [1.82, 2.24) is 9.78 Å². The summed E-state index contributed by atoms with van der Waals surface area (Å²) in [5.74, 6) is -0.595. The summed E-state index contributed by atoms with van der Waals surface area (Å²) in [5.41, 5.74) is 3.15. The number of ether oxygens (including phenoxy) is 2. The summed E-state index contributed by atoms with van der Waals surface area (Å²) in [6.07, 6.45) is 0. The second kappa shape index (κ2) is 3.07. The highest BCUT2D eigenvalue weighted by molar-refractivity contribution is 5.29. The first kappa shape index (κ1) is 9.68. The van der Waals surface area contributed by atoms with Gasteiger partial charge in [-0.2, -0.15) is 5.10 Å². The molecular weight excluding hydrogens is 180 g/mol. The smallest absolute Gasteiger partial charge is 0.195 e. The molecule has 0 amide bonds. The van der Waals surface area contributed by atoms with E-state index >= 15 is 0 Å². The lowest BCUT2D eigenvalue weighted by molar-refractivity contribution is -0.150. The van der Waals surface area contributed by atoms with Crippen LogP contribution in [0.15, 0.2) is 0 Å². The molecule has 0 aromatic carbocycles. The fourth-order valence-electron chi connectivity index (χ4n) is 2.09. The predicted octanol–water partition coefficient (Wildman–Crippen LogP) is 1.26. The van der Waals surface area contributed by atoms with Crippen molar-refractivity contribution in [1.29, 1.82) is 0 Å². The molecule has 2 heterocycles. The third kappa shape index (κ3) is 1.26. The fraction of sp³-hybridized carbons (Fsp3) is 0.700. The maximum Gasteiger partial charge on any atom is 0.195 e. The third-order valence-corrected chi connectivity index (χ3v) is 2.80. The van der Waals surface area contributed by atoms with Crippen LogP contribution in [0.4, 0.5) is 0 Å². The second-order valence-electron chi connectivity index (χ2n) is 3.81. The predicted molar refractivity (Wildman–Crippen MR) is 51.9 cm³/mol. The van der Waals surface area contributed by atoms with Gasteiger partial charge in [-0.1, -0.05) is 0 Å². The van der Waals surface area contributed by atoms with Crippen LogP contribution in [-0.2, 0) is 22.3 Å². The van der Waals surface area contributed by atoms with Crippen LogP contribution in [0.25, 0.3) is 0 Å². The van der Waals surface area contributed by atoms with E-state index in [1.165, 1.54) is 0 Å². The zero-order valence-electron chi connectivity index (χ0n) is 9.13. The van der Waals surface area contributed by atoms with Crippen molar-refractivity contribution in [2.45, 2.75) is 26.6 Å². The molecule has 1 aromatic rings. The molecule has 14 heavy (non-hydrogen) atoms. The molecule has 0 unspecified atom stereocenters. The quantitative estimate of drug-likeness (QED) is 0.678. The van der Waals surface area contributed by atoms with Crippen LogP contribution in [0.3, 0.4) is 0 Å². The topological polar surface area (TPSA) is 36.3 Å². The molecule has 1 aliphatic rings. The molecule has 0 spiro atoms. The van der Waals surface area contributed by atoms with Gasteiger partial charge in [0.05, 0.1) is 24.5 Å². The number of rotatable bonds is 1. The number of aryl methyl sites for hydroxylation is 2. The van der Waals surface area contributed by atoms with E-state index in [-0.39, 0.29) is 0 Å². The van der Waals surface area contributed by atoms with Gasteiger partial charge in [-0.15, -0.1) is 0 Å². The third-order valence-electron chi connectivity index (χ3n) is 2.80. The standard InChI is InChI=1S/C10H16N2O2/c1-7-9(8(2)12(4)11-7)10(3)13-5-6-14-10/h5-6H2,1-4H3. The molecule has 0 aliphatic carbocycles. The minimum absolute atomic E-state index is 0.595. The molecule has 4 heteroatoms. The van der Waals surface area contributed by atoms with Crippen molar-refractivity contribution < 1.29 is 9.47 Å². The van der Waals surface area contributed by atoms with Gasteiger partial charge < -0.3 is 9.47 Å². The Morgan fingerprint density at radius 2 is 1.86 bits per heavy atom. The Hall–Kier alpha value is -0.870. The van der Waals surface area contributed by atoms with Gasteiger partial charge in [-0.3, -0.25) is 4.68 Å². The largest absolute Gasteiger partial charge is 0.344 e. The Balaban J connectivity index is 2.49. The number of hydrogen-bond donors (Lipinski definition) is 0. The molecule has 0 bridgehead atoms. The molecule has 1 saturated heterocycles. The van der Waals surface area contributed by atoms with E-state index in [0.717, 1.165) is 17.0 Å². The van der Waals surface area contributed by atoms with E-state index in [1.807, 2.05) is 32.5 Å². The van der Waals surface area contributed by atoms with Crippen LogP contribution in [0.1, 0.15) is 23.9 Å². The van der Waals surface area contributed by atoms with Crippen molar-refractivity contribution in [3.8, 4) is 0 Å². The van der Waals surface area contributed by atoms with Crippen LogP contribution < -0.4 is 0 Å². The molecule has 78 valence electrons. The summed E-state index contributed by atoms with van der Waals surface area (Å²) in [4.78, 5) is 0. The Kier molecular flexibility index (Phi) is 2.12. The zero-order chi connectivity index (χ0) is 10.3. The number of nitrogens with zero attached hydrogens (tertiary/aromatic N) is 2. The Morgan fingerprint density at radius 1 is 1.29 bits per heavy atom. The highest BCUT2D eigenvalue weighted by atomic mass is 16.7. The van der Waals surface area contributed by atoms with E-state index in [4.69, 9.17) is 9.47 Å². The first-order chi connectivity index (χ1) is 6.54. The summed E-state index contributed by atoms with van der Waals surface area (Å²) < 4.78 is 13.1. The fourth-order valence-corrected chi connectivity index (χ4v) is 2.09. The van der Waals surface area contributed by atoms with Crippen LogP contribution in [-0.4, -0.2) is 23.0 Å². The molecule has 1 aromatic heterocycles. The van der Waals surface area contributed by atoms with Crippen molar-refractivity contribution in [2.24, 2.45) is 7.05 Å². The van der Waals surface area contributed by atoms with Gasteiger partial charge in [0.2, 0.25) is 0 Å². The van der Waals surface area contributed by atoms with Crippen LogP contribution in [0.5, 0.6) is 0 Å². The van der Waals surface area contributed by atoms with E-state index in [2.05, 4.69) is 5.10 Å². The van der Waals surface area contributed by atoms with Crippen LogP contribution in [0.2, 0.25) is 0 Å². The van der Waals surface area contributed by atoms with Crippen molar-refractivity contribution in [3.63, 3.8) is 0 Å². The Bertz CT molecular complexity index is 351. The number of hydrogen-bond acceptors (Lipinski definition) is 3. The first-order valence-electron chi connectivity index (χ1n) is 4.83. The van der Waals surface area contributed by atoms with Crippen LogP contribution in [0, 0.1) is 13.8 Å². The van der Waals surface area contributed by atoms with Crippen molar-refractivity contribution in [2.75, 3.05) is 13.2 Å². The summed E-state index contributed by atoms with van der Waals surface area (Å²) >= 11 is 0. The number of aromatic nitrogens is 2. The highest BCUT2D eigenvalue weighted by Crippen LogP contribution is 2.34. The van der Waals surface area contributed by atoms with Crippen molar-refractivity contribution in [3.05, 3.63) is 17.0 Å². The van der Waals surface area contributed by atoms with Crippen molar-refractivity contribution >= 4 is 0 Å². The molecule has 0 saturated carbocycles. The van der Waals surface area contributed by atoms with Gasteiger partial charge in [0, 0.05) is 12.7 Å². The average Bonchev–Trinajstić information content (AvgIpc) is 2.60. The molecule has 2 rings (SSSR count). The minimum Gasteiger partial charge on any atom is -0.344 e. The average molecular weight is 196 g/mol. The van der Waals surface area contributed by atoms with E-state index < -0.39 is 5.79 Å². The first-order valence-corrected chi connectivity index (χ1v) is 4.83. The second-order valence-corrected chi connectivity index (χ2v) is 3.81. The summed E-state index contributed by atoms with van der Waals surface area (Å²) in [6.45, 7) is 7.29. The van der Waals surface area contributed by atoms with Gasteiger partial charge in [-0.25, -0.2) is 0 Å². The van der Waals surface area contributed by atoms with Crippen LogP contribution >= 0.6 is 0 Å². The van der Waals surface area contributed by atoms with E-state index in [9.17, 15) is 0 Å². The molecule has 1 aliphatic heterocycles. The van der Waals surface area contributed by atoms with Gasteiger partial charge in [0.25, 0.3) is 0 Å². The van der Waals surface area contributed by atoms with E-state index in [1.54, 1.807) is 0 Å². The lowest BCUT2D eigenvalue weighted by Crippen LogP contribution is -2.24. The lowest BCUT2D eigenvalue weighted by atomic mass is 10.1. The molecule has 0 radical (unpaired) electrons. The minimum atomic E-state index is -0.595. The lowest BCUT2D eigenvalue weighted by Gasteiger charge is -2.22. The SMILES string of the molecule is Cc1nn(C)c(C)c1C1(C)OCCO1. The van der Waals surface area contributed by atoms with Gasteiger partial charge >= 0.3 is 0 Å². The summed E-state index contributed by atoms with van der Waals surface area (Å²) in [6, 6.07) is 0. The molecule has 0 N–H and O–H groups in total. The van der Waals surface area contributed by atoms with Gasteiger partial charge in [0.15, 0.2) is 5.79 Å². The zero-order valence-corrected chi connectivity index (χ0v) is 9.13. The Morgan fingerprint density at radius 3 is 2.29 bits per heavy atom. The van der Waals surface area contributed by atoms with Gasteiger partial charge in [0.1, 0.15) is 0 Å². The highest BCUT2D eigenvalue weighted by Gasteiger charge is 2.37. The maximum absolute atomic E-state index is 5.63. The maximum atomic E-state index is 5.63. The van der Waals surface area contributed by atoms with Gasteiger partial charge in [-0.05, 0) is 20.8 Å². The monoisotopic (exact) mass is 196 g/mol. The summed E-state index contributed by atoms with van der Waals surface area (Å²) in [7, 11) is 1.93. The molecule has 4 nitrogen and oxygen atoms in total. The normalized spacial score (nSPS) is 20.3. The Labute approximate surface area is 83.8 Å². The summed E-state index contributed by atoms with van der Waals surface area (Å²) in [5, 5.41) is 4.36. The molecular formula is C10H16N2O2.